The normalized spacial score (nSPS) is 21.8. The van der Waals surface area contributed by atoms with Crippen LogP contribution in [-0.4, -0.2) is 45.4 Å². The molecule has 1 aliphatic rings. The molecule has 24 heavy (non-hydrogen) atoms. The molecule has 0 saturated heterocycles. The van der Waals surface area contributed by atoms with Gasteiger partial charge < -0.3 is 14.6 Å². The van der Waals surface area contributed by atoms with Crippen molar-refractivity contribution in [1.82, 2.24) is 4.90 Å². The van der Waals surface area contributed by atoms with Gasteiger partial charge in [0.25, 0.3) is 0 Å². The second-order valence-corrected chi connectivity index (χ2v) is 8.19. The van der Waals surface area contributed by atoms with Crippen LogP contribution in [0.4, 0.5) is 9.59 Å². The van der Waals surface area contributed by atoms with Crippen LogP contribution >= 0.6 is 0 Å². The van der Waals surface area contributed by atoms with E-state index >= 15 is 0 Å². The first-order chi connectivity index (χ1) is 10.8. The quantitative estimate of drug-likeness (QED) is 0.819. The molecule has 0 aromatic carbocycles. The van der Waals surface area contributed by atoms with E-state index in [1.807, 2.05) is 0 Å². The Balaban J connectivity index is 3.01. The molecule has 0 radical (unpaired) electrons. The van der Waals surface area contributed by atoms with E-state index in [0.717, 1.165) is 4.90 Å². The van der Waals surface area contributed by atoms with Gasteiger partial charge in [0.1, 0.15) is 11.2 Å². The van der Waals surface area contributed by atoms with Gasteiger partial charge in [-0.2, -0.15) is 0 Å². The highest BCUT2D eigenvalue weighted by atomic mass is 16.6. The zero-order valence-electron chi connectivity index (χ0n) is 15.4. The van der Waals surface area contributed by atoms with Crippen LogP contribution in [-0.2, 0) is 14.3 Å². The molecule has 0 aliphatic heterocycles. The summed E-state index contributed by atoms with van der Waals surface area (Å²) in [6, 6.07) is -0.537. The van der Waals surface area contributed by atoms with Gasteiger partial charge in [-0.1, -0.05) is 6.42 Å². The zero-order valence-corrected chi connectivity index (χ0v) is 15.4. The molecule has 138 valence electrons. The number of hydrogen-bond donors (Lipinski definition) is 1. The first-order valence-corrected chi connectivity index (χ1v) is 8.28. The van der Waals surface area contributed by atoms with Crippen LogP contribution in [0.5, 0.6) is 0 Å². The van der Waals surface area contributed by atoms with E-state index in [1.165, 1.54) is 0 Å². The molecule has 0 heterocycles. The van der Waals surface area contributed by atoms with Gasteiger partial charge in [0, 0.05) is 6.04 Å². The first-order valence-electron chi connectivity index (χ1n) is 8.28. The minimum Gasteiger partial charge on any atom is -0.481 e. The van der Waals surface area contributed by atoms with Crippen molar-refractivity contribution in [3.05, 3.63) is 0 Å². The van der Waals surface area contributed by atoms with Crippen molar-refractivity contribution in [2.45, 2.75) is 84.5 Å². The lowest BCUT2D eigenvalue weighted by molar-refractivity contribution is -0.143. The third kappa shape index (κ3) is 6.37. The van der Waals surface area contributed by atoms with Crippen molar-refractivity contribution in [2.24, 2.45) is 5.92 Å². The number of ether oxygens (including phenoxy) is 2. The highest BCUT2D eigenvalue weighted by molar-refractivity contribution is 5.88. The molecule has 7 nitrogen and oxygen atoms in total. The van der Waals surface area contributed by atoms with Crippen LogP contribution in [0.2, 0.25) is 0 Å². The first kappa shape index (κ1) is 20.3. The monoisotopic (exact) mass is 343 g/mol. The lowest BCUT2D eigenvalue weighted by atomic mass is 9.85. The van der Waals surface area contributed by atoms with E-state index in [9.17, 15) is 19.5 Å². The maximum absolute atomic E-state index is 12.5. The van der Waals surface area contributed by atoms with Gasteiger partial charge in [-0.15, -0.1) is 0 Å². The SMILES string of the molecule is CC(C)(C)OC(=O)N(C(=O)OC(C)(C)C)[C@@H]1CCC[C@@H](C(=O)O)C1. The second kappa shape index (κ2) is 7.40. The molecule has 1 fully saturated rings. The van der Waals surface area contributed by atoms with E-state index in [1.54, 1.807) is 41.5 Å². The molecule has 2 amide bonds. The third-order valence-corrected chi connectivity index (χ3v) is 3.54. The molecule has 7 heteroatoms. The largest absolute Gasteiger partial charge is 0.481 e. The minimum absolute atomic E-state index is 0.216. The van der Waals surface area contributed by atoms with Gasteiger partial charge >= 0.3 is 18.2 Å². The maximum Gasteiger partial charge on any atom is 0.420 e. The standard InChI is InChI=1S/C17H29NO6/c1-16(2,3)23-14(21)18(15(22)24-17(4,5)6)12-9-7-8-11(10-12)13(19)20/h11-12H,7-10H2,1-6H3,(H,19,20)/t11-,12-/m1/s1. The number of carbonyl (C=O) groups excluding carboxylic acids is 2. The van der Waals surface area contributed by atoms with Crippen LogP contribution < -0.4 is 0 Å². The average Bonchev–Trinajstić information content (AvgIpc) is 2.34. The fourth-order valence-corrected chi connectivity index (χ4v) is 2.62. The average molecular weight is 343 g/mol. The van der Waals surface area contributed by atoms with Crippen LogP contribution in [0.1, 0.15) is 67.2 Å². The Labute approximate surface area is 143 Å². The summed E-state index contributed by atoms with van der Waals surface area (Å²) in [4.78, 5) is 37.3. The topological polar surface area (TPSA) is 93.1 Å². The number of hydrogen-bond acceptors (Lipinski definition) is 5. The van der Waals surface area contributed by atoms with Gasteiger partial charge in [-0.25, -0.2) is 14.5 Å². The molecular weight excluding hydrogens is 314 g/mol. The molecule has 2 atom stereocenters. The van der Waals surface area contributed by atoms with Crippen LogP contribution in [0.25, 0.3) is 0 Å². The number of amides is 2. The van der Waals surface area contributed by atoms with Gasteiger partial charge in [-0.05, 0) is 60.8 Å². The number of carboxylic acids is 1. The van der Waals surface area contributed by atoms with Gasteiger partial charge in [0.05, 0.1) is 5.92 Å². The minimum atomic E-state index is -0.909. The molecule has 0 spiro atoms. The zero-order chi connectivity index (χ0) is 18.7. The summed E-state index contributed by atoms with van der Waals surface area (Å²) in [5, 5.41) is 9.24. The molecule has 0 bridgehead atoms. The molecule has 0 unspecified atom stereocenters. The van der Waals surface area contributed by atoms with Crippen LogP contribution in [0.3, 0.4) is 0 Å². The summed E-state index contributed by atoms with van der Waals surface area (Å²) in [6.45, 7) is 10.2. The number of rotatable bonds is 2. The smallest absolute Gasteiger partial charge is 0.420 e. The van der Waals surface area contributed by atoms with E-state index in [0.29, 0.717) is 19.3 Å². The van der Waals surface area contributed by atoms with Crippen molar-refractivity contribution in [2.75, 3.05) is 0 Å². The van der Waals surface area contributed by atoms with E-state index in [-0.39, 0.29) is 6.42 Å². The lowest BCUT2D eigenvalue weighted by Crippen LogP contribution is -2.50. The summed E-state index contributed by atoms with van der Waals surface area (Å²) >= 11 is 0. The number of carbonyl (C=O) groups is 3. The summed E-state index contributed by atoms with van der Waals surface area (Å²) < 4.78 is 10.6. The molecular formula is C17H29NO6. The highest BCUT2D eigenvalue weighted by Gasteiger charge is 2.40. The van der Waals surface area contributed by atoms with Crippen molar-refractivity contribution in [1.29, 1.82) is 0 Å². The number of imide groups is 1. The Morgan fingerprint density at radius 1 is 0.917 bits per heavy atom. The molecule has 1 saturated carbocycles. The predicted octanol–water partition coefficient (Wildman–Crippen LogP) is 3.80. The Morgan fingerprint density at radius 3 is 1.75 bits per heavy atom. The maximum atomic E-state index is 12.5. The number of nitrogens with zero attached hydrogens (tertiary/aromatic N) is 1. The summed E-state index contributed by atoms with van der Waals surface area (Å²) in [6.07, 6.45) is 0.336. The van der Waals surface area contributed by atoms with E-state index in [2.05, 4.69) is 0 Å². The van der Waals surface area contributed by atoms with E-state index in [4.69, 9.17) is 9.47 Å². The van der Waals surface area contributed by atoms with Gasteiger partial charge in [-0.3, -0.25) is 4.79 Å². The van der Waals surface area contributed by atoms with Crippen molar-refractivity contribution < 1.29 is 29.0 Å². The molecule has 1 N–H and O–H groups in total. The van der Waals surface area contributed by atoms with Crippen molar-refractivity contribution in [3.8, 4) is 0 Å². The van der Waals surface area contributed by atoms with E-state index < -0.39 is 41.3 Å². The third-order valence-electron chi connectivity index (χ3n) is 3.54. The molecule has 0 aromatic heterocycles. The Hall–Kier alpha value is -1.79. The predicted molar refractivity (Wildman–Crippen MR) is 87.7 cm³/mol. The van der Waals surface area contributed by atoms with Crippen LogP contribution in [0, 0.1) is 5.92 Å². The number of carboxylic acid groups (broad SMARTS) is 1. The summed E-state index contributed by atoms with van der Waals surface area (Å²) in [5.41, 5.74) is -1.53. The van der Waals surface area contributed by atoms with Crippen LogP contribution in [0.15, 0.2) is 0 Å². The van der Waals surface area contributed by atoms with Gasteiger partial charge in [0.2, 0.25) is 0 Å². The van der Waals surface area contributed by atoms with Gasteiger partial charge in [0.15, 0.2) is 0 Å². The Bertz CT molecular complexity index is 460. The Kier molecular flexibility index (Phi) is 6.25. The second-order valence-electron chi connectivity index (χ2n) is 8.19. The summed E-state index contributed by atoms with van der Waals surface area (Å²) in [7, 11) is 0. The fourth-order valence-electron chi connectivity index (χ4n) is 2.62. The molecule has 1 rings (SSSR count). The summed E-state index contributed by atoms with van der Waals surface area (Å²) in [5.74, 6) is -1.48. The van der Waals surface area contributed by atoms with Crippen molar-refractivity contribution >= 4 is 18.2 Å². The lowest BCUT2D eigenvalue weighted by Gasteiger charge is -2.36. The highest BCUT2D eigenvalue weighted by Crippen LogP contribution is 2.30. The molecule has 1 aliphatic carbocycles. The number of aliphatic carboxylic acids is 1. The Morgan fingerprint density at radius 2 is 1.38 bits per heavy atom. The molecule has 0 aromatic rings. The van der Waals surface area contributed by atoms with Crippen molar-refractivity contribution in [3.63, 3.8) is 0 Å². The fraction of sp³-hybridized carbons (Fsp3) is 0.824.